The van der Waals surface area contributed by atoms with Crippen molar-refractivity contribution in [1.82, 2.24) is 0 Å². The summed E-state index contributed by atoms with van der Waals surface area (Å²) in [6, 6.07) is 20.3. The van der Waals surface area contributed by atoms with Gasteiger partial charge in [0.05, 0.1) is 0 Å². The van der Waals surface area contributed by atoms with Crippen molar-refractivity contribution in [2.24, 2.45) is 0 Å². The fourth-order valence-corrected chi connectivity index (χ4v) is 4.09. The fraction of sp³-hybridized carbons (Fsp3) is 0.500. The highest BCUT2D eigenvalue weighted by atomic mass is 35.5. The average Bonchev–Trinajstić information content (AvgIpc) is 2.75. The number of benzene rings is 2. The fourth-order valence-electron chi connectivity index (χ4n) is 4.09. The minimum atomic E-state index is -0.430. The largest absolute Gasteiger partial charge is 1.00 e. The van der Waals surface area contributed by atoms with Gasteiger partial charge in [0.2, 0.25) is 0 Å². The first-order chi connectivity index (χ1) is 14.2. The van der Waals surface area contributed by atoms with Crippen LogP contribution in [0.2, 0.25) is 0 Å². The minimum Gasteiger partial charge on any atom is -1.00 e. The lowest BCUT2D eigenvalue weighted by Gasteiger charge is -2.32. The Hall–Kier alpha value is -1.34. The molecule has 0 aliphatic carbocycles. The molecular weight excluding hydrogens is 435 g/mol. The first-order valence-corrected chi connectivity index (χ1v) is 10.9. The lowest BCUT2D eigenvalue weighted by Crippen LogP contribution is -3.28. The van der Waals surface area contributed by atoms with E-state index < -0.39 is 6.10 Å². The summed E-state index contributed by atoms with van der Waals surface area (Å²) in [4.78, 5) is 3.08. The molecule has 174 valence electrons. The summed E-state index contributed by atoms with van der Waals surface area (Å²) in [5.41, 5.74) is 1.34. The third-order valence-corrected chi connectivity index (χ3v) is 5.60. The maximum atomic E-state index is 10.3. The SMILES string of the molecule is CCOC(Cc1ccccc1)C[NH+]1CC[NH+](CC(O)COc2ccccc2)CC1.[Cl-].[Cl-]. The molecule has 2 atom stereocenters. The van der Waals surface area contributed by atoms with Crippen LogP contribution in [0.15, 0.2) is 60.7 Å². The van der Waals surface area contributed by atoms with Gasteiger partial charge in [-0.2, -0.15) is 0 Å². The van der Waals surface area contributed by atoms with Crippen LogP contribution in [-0.4, -0.2) is 69.8 Å². The van der Waals surface area contributed by atoms with Gasteiger partial charge in [-0.05, 0) is 24.6 Å². The van der Waals surface area contributed by atoms with E-state index in [2.05, 4.69) is 37.3 Å². The summed E-state index contributed by atoms with van der Waals surface area (Å²) < 4.78 is 11.7. The number of piperazine rings is 1. The predicted octanol–water partition coefficient (Wildman–Crippen LogP) is -6.13. The number of quaternary nitrogens is 2. The van der Waals surface area contributed by atoms with E-state index in [1.54, 1.807) is 4.90 Å². The van der Waals surface area contributed by atoms with Crippen molar-refractivity contribution in [2.45, 2.75) is 25.6 Å². The molecule has 0 aromatic heterocycles. The molecule has 3 rings (SSSR count). The molecule has 0 spiro atoms. The van der Waals surface area contributed by atoms with Gasteiger partial charge in [-0.15, -0.1) is 0 Å². The summed E-state index contributed by atoms with van der Waals surface area (Å²) in [6.45, 7) is 9.41. The molecule has 2 aromatic rings. The smallest absolute Gasteiger partial charge is 0.137 e. The van der Waals surface area contributed by atoms with Gasteiger partial charge in [0.15, 0.2) is 0 Å². The van der Waals surface area contributed by atoms with Gasteiger partial charge in [-0.3, -0.25) is 0 Å². The van der Waals surface area contributed by atoms with E-state index in [9.17, 15) is 5.11 Å². The van der Waals surface area contributed by atoms with E-state index in [0.717, 1.165) is 58.0 Å². The quantitative estimate of drug-likeness (QED) is 0.306. The zero-order chi connectivity index (χ0) is 20.3. The van der Waals surface area contributed by atoms with Crippen LogP contribution < -0.4 is 39.4 Å². The summed E-state index contributed by atoms with van der Waals surface area (Å²) in [5, 5.41) is 10.3. The Morgan fingerprint density at radius 3 is 1.97 bits per heavy atom. The third kappa shape index (κ3) is 10.2. The maximum Gasteiger partial charge on any atom is 0.137 e. The Bertz CT molecular complexity index is 686. The van der Waals surface area contributed by atoms with E-state index >= 15 is 0 Å². The number of aliphatic hydroxyl groups is 1. The second-order valence-electron chi connectivity index (χ2n) is 7.95. The number of hydrogen-bond donors (Lipinski definition) is 3. The van der Waals surface area contributed by atoms with Crippen LogP contribution in [0.25, 0.3) is 0 Å². The van der Waals surface area contributed by atoms with E-state index in [4.69, 9.17) is 9.47 Å². The van der Waals surface area contributed by atoms with Gasteiger partial charge in [-0.1, -0.05) is 48.5 Å². The molecule has 1 heterocycles. The second-order valence-corrected chi connectivity index (χ2v) is 7.95. The van der Waals surface area contributed by atoms with E-state index in [1.807, 2.05) is 30.3 Å². The van der Waals surface area contributed by atoms with Gasteiger partial charge in [0, 0.05) is 13.0 Å². The summed E-state index contributed by atoms with van der Waals surface area (Å²) >= 11 is 0. The second kappa shape index (κ2) is 15.5. The van der Waals surface area contributed by atoms with Gasteiger partial charge in [-0.25, -0.2) is 0 Å². The Kier molecular flexibility index (Phi) is 13.8. The van der Waals surface area contributed by atoms with Crippen LogP contribution in [0.4, 0.5) is 0 Å². The molecule has 5 nitrogen and oxygen atoms in total. The molecule has 0 amide bonds. The Morgan fingerprint density at radius 2 is 1.39 bits per heavy atom. The number of hydrogen-bond acceptors (Lipinski definition) is 3. The highest BCUT2D eigenvalue weighted by molar-refractivity contribution is 5.20. The monoisotopic (exact) mass is 470 g/mol. The van der Waals surface area contributed by atoms with Crippen LogP contribution in [-0.2, 0) is 11.2 Å². The van der Waals surface area contributed by atoms with Crippen LogP contribution in [0, 0.1) is 0 Å². The summed E-state index contributed by atoms with van der Waals surface area (Å²) in [5.74, 6) is 0.816. The molecule has 0 radical (unpaired) electrons. The first-order valence-electron chi connectivity index (χ1n) is 10.9. The van der Waals surface area contributed by atoms with Crippen LogP contribution in [0.1, 0.15) is 12.5 Å². The first kappa shape index (κ1) is 27.7. The molecule has 31 heavy (non-hydrogen) atoms. The number of aliphatic hydroxyl groups excluding tert-OH is 1. The molecule has 1 fully saturated rings. The van der Waals surface area contributed by atoms with Gasteiger partial charge in [0.1, 0.15) is 63.8 Å². The van der Waals surface area contributed by atoms with Crippen molar-refractivity contribution in [3.63, 3.8) is 0 Å². The molecule has 2 aromatic carbocycles. The van der Waals surface area contributed by atoms with Crippen molar-refractivity contribution < 1.29 is 49.2 Å². The van der Waals surface area contributed by atoms with E-state index in [-0.39, 0.29) is 30.9 Å². The van der Waals surface area contributed by atoms with Crippen LogP contribution in [0.3, 0.4) is 0 Å². The number of nitrogens with one attached hydrogen (secondary N) is 2. The number of para-hydroxylation sites is 1. The molecular formula is C24H36Cl2N2O3. The van der Waals surface area contributed by atoms with Gasteiger partial charge in [0.25, 0.3) is 0 Å². The van der Waals surface area contributed by atoms with Crippen molar-refractivity contribution in [1.29, 1.82) is 0 Å². The lowest BCUT2D eigenvalue weighted by atomic mass is 10.1. The summed E-state index contributed by atoms with van der Waals surface area (Å²) in [7, 11) is 0. The predicted molar refractivity (Wildman–Crippen MR) is 115 cm³/mol. The Balaban J connectivity index is 0.00000240. The van der Waals surface area contributed by atoms with Crippen molar-refractivity contribution in [3.8, 4) is 5.75 Å². The highest BCUT2D eigenvalue weighted by Crippen LogP contribution is 2.08. The minimum absolute atomic E-state index is 0. The Morgan fingerprint density at radius 1 is 0.839 bits per heavy atom. The third-order valence-electron chi connectivity index (χ3n) is 5.60. The van der Waals surface area contributed by atoms with Crippen molar-refractivity contribution >= 4 is 0 Å². The highest BCUT2D eigenvalue weighted by Gasteiger charge is 2.27. The Labute approximate surface area is 199 Å². The molecule has 3 N–H and O–H groups in total. The van der Waals surface area contributed by atoms with Gasteiger partial charge >= 0.3 is 0 Å². The molecule has 1 saturated heterocycles. The molecule has 7 heteroatoms. The molecule has 1 aliphatic heterocycles. The normalized spacial score (nSPS) is 20.1. The topological polar surface area (TPSA) is 47.6 Å². The lowest BCUT2D eigenvalue weighted by molar-refractivity contribution is -1.01. The average molecular weight is 471 g/mol. The van der Waals surface area contributed by atoms with Crippen molar-refractivity contribution in [2.75, 3.05) is 52.5 Å². The van der Waals surface area contributed by atoms with Crippen LogP contribution >= 0.6 is 0 Å². The zero-order valence-corrected chi connectivity index (χ0v) is 19.8. The van der Waals surface area contributed by atoms with E-state index in [1.165, 1.54) is 10.5 Å². The van der Waals surface area contributed by atoms with Crippen molar-refractivity contribution in [3.05, 3.63) is 66.2 Å². The molecule has 0 saturated carbocycles. The zero-order valence-electron chi connectivity index (χ0n) is 18.3. The standard InChI is InChI=1S/C24H34N2O3.2ClH/c1-2-28-24(17-21-9-5-3-6-10-21)19-26-15-13-25(14-16-26)18-22(27)20-29-23-11-7-4-8-12-23;;/h3-12,22,24,27H,2,13-20H2,1H3;2*1H. The van der Waals surface area contributed by atoms with Gasteiger partial charge < -0.3 is 49.2 Å². The molecule has 0 bridgehead atoms. The maximum absolute atomic E-state index is 10.3. The number of halogens is 2. The molecule has 2 unspecified atom stereocenters. The number of ether oxygens (including phenoxy) is 2. The van der Waals surface area contributed by atoms with E-state index in [0.29, 0.717) is 6.61 Å². The summed E-state index contributed by atoms with van der Waals surface area (Å²) in [6.07, 6.45) is 0.814. The molecule has 1 aliphatic rings. The number of rotatable bonds is 11. The van der Waals surface area contributed by atoms with Crippen LogP contribution in [0.5, 0.6) is 5.75 Å².